The summed E-state index contributed by atoms with van der Waals surface area (Å²) >= 11 is 0. The van der Waals surface area contributed by atoms with Crippen LogP contribution in [0.3, 0.4) is 0 Å². The molecule has 0 aromatic carbocycles. The molecule has 2 aromatic rings. The van der Waals surface area contributed by atoms with Gasteiger partial charge in [-0.2, -0.15) is 0 Å². The fourth-order valence-electron chi connectivity index (χ4n) is 3.78. The number of aromatic nitrogens is 4. The molecule has 4 rings (SSSR count). The number of carbonyl (C=O) groups excluding carboxylic acids is 1. The third kappa shape index (κ3) is 4.33. The highest BCUT2D eigenvalue weighted by Crippen LogP contribution is 2.30. The van der Waals surface area contributed by atoms with E-state index in [1.807, 2.05) is 23.1 Å². The van der Waals surface area contributed by atoms with Gasteiger partial charge < -0.3 is 9.64 Å². The van der Waals surface area contributed by atoms with Crippen LogP contribution in [-0.4, -0.2) is 75.1 Å². The number of hydrogen-bond donors (Lipinski definition) is 0. The van der Waals surface area contributed by atoms with Crippen molar-refractivity contribution < 1.29 is 9.53 Å². The van der Waals surface area contributed by atoms with Crippen LogP contribution in [0.25, 0.3) is 0 Å². The second-order valence-corrected chi connectivity index (χ2v) is 7.09. The van der Waals surface area contributed by atoms with Gasteiger partial charge in [0.05, 0.1) is 37.7 Å². The Bertz CT molecular complexity index is 744. The van der Waals surface area contributed by atoms with E-state index < -0.39 is 0 Å². The van der Waals surface area contributed by atoms with Crippen LogP contribution in [0.4, 0.5) is 0 Å². The maximum Gasteiger partial charge on any atom is 0.276 e. The molecule has 0 saturated carbocycles. The molecule has 0 radical (unpaired) electrons. The van der Waals surface area contributed by atoms with E-state index in [4.69, 9.17) is 4.74 Å². The molecule has 2 aliphatic heterocycles. The van der Waals surface area contributed by atoms with Gasteiger partial charge in [0, 0.05) is 32.4 Å². The zero-order valence-electron chi connectivity index (χ0n) is 15.5. The Balaban J connectivity index is 1.41. The van der Waals surface area contributed by atoms with E-state index in [1.54, 1.807) is 17.1 Å². The predicted molar refractivity (Wildman–Crippen MR) is 99.1 cm³/mol. The van der Waals surface area contributed by atoms with Crippen LogP contribution in [0.5, 0.6) is 0 Å². The average molecular weight is 370 g/mol. The van der Waals surface area contributed by atoms with Gasteiger partial charge >= 0.3 is 0 Å². The van der Waals surface area contributed by atoms with Crippen molar-refractivity contribution in [1.29, 1.82) is 0 Å². The summed E-state index contributed by atoms with van der Waals surface area (Å²) in [7, 11) is 0. The molecular formula is C19H26N6O2. The Morgan fingerprint density at radius 1 is 1.15 bits per heavy atom. The number of amides is 1. The third-order valence-corrected chi connectivity index (χ3v) is 5.30. The van der Waals surface area contributed by atoms with Crippen LogP contribution in [0.1, 0.15) is 41.5 Å². The highest BCUT2D eigenvalue weighted by molar-refractivity contribution is 5.92. The molecule has 2 saturated heterocycles. The highest BCUT2D eigenvalue weighted by Gasteiger charge is 2.30. The van der Waals surface area contributed by atoms with Crippen molar-refractivity contribution in [1.82, 2.24) is 29.8 Å². The van der Waals surface area contributed by atoms with E-state index in [0.29, 0.717) is 5.69 Å². The lowest BCUT2D eigenvalue weighted by Crippen LogP contribution is -2.39. The largest absolute Gasteiger partial charge is 0.379 e. The van der Waals surface area contributed by atoms with Crippen LogP contribution >= 0.6 is 0 Å². The second-order valence-electron chi connectivity index (χ2n) is 7.09. The first-order valence-electron chi connectivity index (χ1n) is 9.73. The third-order valence-electron chi connectivity index (χ3n) is 5.30. The number of nitrogens with zero attached hydrogens (tertiary/aromatic N) is 6. The predicted octanol–water partition coefficient (Wildman–Crippen LogP) is 1.37. The van der Waals surface area contributed by atoms with Crippen molar-refractivity contribution in [2.75, 3.05) is 39.4 Å². The quantitative estimate of drug-likeness (QED) is 0.791. The van der Waals surface area contributed by atoms with Crippen LogP contribution in [0.15, 0.2) is 30.6 Å². The maximum absolute atomic E-state index is 13.1. The van der Waals surface area contributed by atoms with Crippen LogP contribution in [0.2, 0.25) is 0 Å². The van der Waals surface area contributed by atoms with E-state index >= 15 is 0 Å². The molecule has 1 amide bonds. The number of likely N-dealkylation sites (tertiary alicyclic amines) is 1. The number of pyridine rings is 1. The highest BCUT2D eigenvalue weighted by atomic mass is 16.5. The Hall–Kier alpha value is -2.32. The van der Waals surface area contributed by atoms with Gasteiger partial charge in [-0.15, -0.1) is 5.10 Å². The minimum absolute atomic E-state index is 0.0194. The number of carbonyl (C=O) groups is 1. The average Bonchev–Trinajstić information content (AvgIpc) is 3.22. The van der Waals surface area contributed by atoms with Gasteiger partial charge in [0.1, 0.15) is 0 Å². The molecular weight excluding hydrogens is 344 g/mol. The Morgan fingerprint density at radius 2 is 2.04 bits per heavy atom. The number of ether oxygens (including phenoxy) is 1. The van der Waals surface area contributed by atoms with E-state index in [0.717, 1.165) is 70.9 Å². The summed E-state index contributed by atoms with van der Waals surface area (Å²) in [6.45, 7) is 5.81. The molecule has 4 heterocycles. The fraction of sp³-hybridized carbons (Fsp3) is 0.579. The smallest absolute Gasteiger partial charge is 0.276 e. The molecule has 1 atom stereocenters. The van der Waals surface area contributed by atoms with Crippen molar-refractivity contribution in [3.8, 4) is 0 Å². The number of piperidine rings is 1. The summed E-state index contributed by atoms with van der Waals surface area (Å²) in [5.41, 5.74) is 1.37. The van der Waals surface area contributed by atoms with Gasteiger partial charge in [-0.25, -0.2) is 0 Å². The first kappa shape index (κ1) is 18.1. The van der Waals surface area contributed by atoms with Crippen molar-refractivity contribution in [3.63, 3.8) is 0 Å². The number of morpholine rings is 1. The van der Waals surface area contributed by atoms with Crippen LogP contribution < -0.4 is 0 Å². The Labute approximate surface area is 159 Å². The second kappa shape index (κ2) is 8.58. The molecule has 0 aliphatic carbocycles. The van der Waals surface area contributed by atoms with Crippen LogP contribution in [-0.2, 0) is 11.3 Å². The van der Waals surface area contributed by atoms with E-state index in [9.17, 15) is 4.79 Å². The summed E-state index contributed by atoms with van der Waals surface area (Å²) in [6.07, 6.45) is 6.62. The first-order valence-corrected chi connectivity index (χ1v) is 9.73. The summed E-state index contributed by atoms with van der Waals surface area (Å²) in [5, 5.41) is 8.30. The zero-order chi connectivity index (χ0) is 18.5. The lowest BCUT2D eigenvalue weighted by atomic mass is 9.98. The zero-order valence-corrected chi connectivity index (χ0v) is 15.5. The van der Waals surface area contributed by atoms with Crippen molar-refractivity contribution >= 4 is 5.91 Å². The summed E-state index contributed by atoms with van der Waals surface area (Å²) in [6, 6.07) is 5.89. The number of rotatable bonds is 5. The molecule has 144 valence electrons. The van der Waals surface area contributed by atoms with E-state index in [2.05, 4.69) is 20.2 Å². The lowest BCUT2D eigenvalue weighted by Gasteiger charge is -2.34. The molecule has 2 aliphatic rings. The molecule has 2 aromatic heterocycles. The normalized spacial score (nSPS) is 21.3. The Morgan fingerprint density at radius 3 is 2.85 bits per heavy atom. The molecule has 0 spiro atoms. The topological polar surface area (TPSA) is 76.4 Å². The van der Waals surface area contributed by atoms with Crippen molar-refractivity contribution in [2.24, 2.45) is 0 Å². The molecule has 8 nitrogen and oxygen atoms in total. The molecule has 0 bridgehead atoms. The summed E-state index contributed by atoms with van der Waals surface area (Å²) in [5.74, 6) is -0.0528. The minimum atomic E-state index is -0.0528. The SMILES string of the molecule is O=C(c1cn(CCN2CCOCC2)nn1)N1CCCCC1c1ccccn1. The maximum atomic E-state index is 13.1. The minimum Gasteiger partial charge on any atom is -0.379 e. The van der Waals surface area contributed by atoms with Gasteiger partial charge in [-0.05, 0) is 31.4 Å². The van der Waals surface area contributed by atoms with Crippen molar-refractivity contribution in [3.05, 3.63) is 42.0 Å². The monoisotopic (exact) mass is 370 g/mol. The summed E-state index contributed by atoms with van der Waals surface area (Å²) in [4.78, 5) is 21.8. The molecule has 1 unspecified atom stereocenters. The van der Waals surface area contributed by atoms with Gasteiger partial charge in [0.25, 0.3) is 5.91 Å². The Kier molecular flexibility index (Phi) is 5.74. The molecule has 27 heavy (non-hydrogen) atoms. The molecule has 8 heteroatoms. The molecule has 0 N–H and O–H groups in total. The van der Waals surface area contributed by atoms with Gasteiger partial charge in [-0.1, -0.05) is 11.3 Å². The van der Waals surface area contributed by atoms with Gasteiger partial charge in [0.2, 0.25) is 0 Å². The van der Waals surface area contributed by atoms with E-state index in [-0.39, 0.29) is 11.9 Å². The fourth-order valence-corrected chi connectivity index (χ4v) is 3.78. The van der Waals surface area contributed by atoms with E-state index in [1.165, 1.54) is 0 Å². The number of hydrogen-bond acceptors (Lipinski definition) is 6. The lowest BCUT2D eigenvalue weighted by molar-refractivity contribution is 0.0359. The van der Waals surface area contributed by atoms with Crippen LogP contribution in [0, 0.1) is 0 Å². The first-order chi connectivity index (χ1) is 13.3. The van der Waals surface area contributed by atoms with Gasteiger partial charge in [0.15, 0.2) is 5.69 Å². The standard InChI is InChI=1S/C19H26N6O2/c26-19(25-8-4-2-6-18(25)16-5-1-3-7-20-16)17-15-24(22-21-17)10-9-23-11-13-27-14-12-23/h1,3,5,7,15,18H,2,4,6,8-14H2. The summed E-state index contributed by atoms with van der Waals surface area (Å²) < 4.78 is 7.14. The molecule has 2 fully saturated rings. The van der Waals surface area contributed by atoms with Crippen molar-refractivity contribution in [2.45, 2.75) is 31.8 Å². The van der Waals surface area contributed by atoms with Gasteiger partial charge in [-0.3, -0.25) is 19.4 Å².